The molecule has 0 atom stereocenters. The fourth-order valence-electron chi connectivity index (χ4n) is 2.54. The van der Waals surface area contributed by atoms with E-state index in [-0.39, 0.29) is 11.5 Å². The number of ketones is 1. The van der Waals surface area contributed by atoms with Crippen molar-refractivity contribution in [2.24, 2.45) is 5.41 Å². The summed E-state index contributed by atoms with van der Waals surface area (Å²) < 4.78 is 5.42. The minimum atomic E-state index is -0.397. The molecular weight excluding hydrogens is 242 g/mol. The smallest absolute Gasteiger partial charge is 0.410 e. The Morgan fingerprint density at radius 1 is 1.37 bits per heavy atom. The number of Topliss-reactive ketones (excluding diaryl/α,β-unsaturated/α-hetero) is 1. The monoisotopic (exact) mass is 269 g/mol. The van der Waals surface area contributed by atoms with Crippen LogP contribution >= 0.6 is 0 Å². The highest BCUT2D eigenvalue weighted by molar-refractivity contribution is 5.82. The van der Waals surface area contributed by atoms with E-state index >= 15 is 0 Å². The molecule has 2 aliphatic rings. The third-order valence-electron chi connectivity index (χ3n) is 4.03. The van der Waals surface area contributed by atoms with Gasteiger partial charge < -0.3 is 9.64 Å². The van der Waals surface area contributed by atoms with Gasteiger partial charge in [-0.05, 0) is 26.7 Å². The van der Waals surface area contributed by atoms with Crippen LogP contribution < -0.4 is 0 Å². The lowest BCUT2D eigenvalue weighted by Crippen LogP contribution is -2.58. The van der Waals surface area contributed by atoms with Gasteiger partial charge in [0.25, 0.3) is 0 Å². The highest BCUT2D eigenvalue weighted by atomic mass is 16.6. The molecule has 1 saturated heterocycles. The zero-order chi connectivity index (χ0) is 14.7. The van der Waals surface area contributed by atoms with E-state index in [1.165, 1.54) is 0 Å². The maximum atomic E-state index is 11.8. The van der Waals surface area contributed by atoms with Gasteiger partial charge in [-0.3, -0.25) is 4.79 Å². The highest BCUT2D eigenvalue weighted by Crippen LogP contribution is 2.44. The molecule has 1 spiro atoms. The maximum Gasteiger partial charge on any atom is 0.410 e. The molecule has 2 rings (SSSR count). The molecule has 1 saturated carbocycles. The number of carbonyl (C=O) groups excluding carboxylic acids is 2. The van der Waals surface area contributed by atoms with Crippen molar-refractivity contribution in [1.82, 2.24) is 4.90 Å². The molecular formula is C15H27NO3. The predicted octanol–water partition coefficient (Wildman–Crippen LogP) is 3.39. The van der Waals surface area contributed by atoms with Crippen LogP contribution in [0.4, 0.5) is 4.79 Å². The van der Waals surface area contributed by atoms with Crippen LogP contribution in [-0.4, -0.2) is 35.5 Å². The molecule has 0 aromatic carbocycles. The van der Waals surface area contributed by atoms with Crippen molar-refractivity contribution in [2.75, 3.05) is 13.1 Å². The minimum Gasteiger partial charge on any atom is -0.443 e. The summed E-state index contributed by atoms with van der Waals surface area (Å²) in [6, 6.07) is 0. The van der Waals surface area contributed by atoms with Crippen molar-refractivity contribution in [3.8, 4) is 0 Å². The van der Waals surface area contributed by atoms with Crippen LogP contribution in [0.25, 0.3) is 0 Å². The summed E-state index contributed by atoms with van der Waals surface area (Å²) in [5, 5.41) is 0. The van der Waals surface area contributed by atoms with Gasteiger partial charge in [0.05, 0.1) is 0 Å². The van der Waals surface area contributed by atoms with Crippen LogP contribution in [0, 0.1) is 5.41 Å². The normalized spacial score (nSPS) is 20.7. The van der Waals surface area contributed by atoms with E-state index in [0.29, 0.717) is 31.7 Å². The van der Waals surface area contributed by atoms with Crippen molar-refractivity contribution < 1.29 is 14.3 Å². The Labute approximate surface area is 116 Å². The second kappa shape index (κ2) is 5.93. The molecule has 0 bridgehead atoms. The van der Waals surface area contributed by atoms with E-state index in [4.69, 9.17) is 4.74 Å². The second-order valence-electron chi connectivity index (χ2n) is 6.05. The molecule has 0 unspecified atom stereocenters. The summed E-state index contributed by atoms with van der Waals surface area (Å²) in [7, 11) is 0. The van der Waals surface area contributed by atoms with Gasteiger partial charge in [0, 0.05) is 31.3 Å². The van der Waals surface area contributed by atoms with E-state index in [1.54, 1.807) is 4.90 Å². The molecule has 1 aliphatic carbocycles. The van der Waals surface area contributed by atoms with Crippen LogP contribution in [0.2, 0.25) is 0 Å². The summed E-state index contributed by atoms with van der Waals surface area (Å²) in [6.45, 7) is 11.2. The van der Waals surface area contributed by atoms with Crippen LogP contribution in [0.3, 0.4) is 0 Å². The van der Waals surface area contributed by atoms with Gasteiger partial charge in [0.1, 0.15) is 11.4 Å². The first-order valence-electron chi connectivity index (χ1n) is 7.35. The fourth-order valence-corrected chi connectivity index (χ4v) is 2.54. The molecule has 4 heteroatoms. The van der Waals surface area contributed by atoms with E-state index in [1.807, 2.05) is 34.6 Å². The second-order valence-corrected chi connectivity index (χ2v) is 6.05. The molecule has 1 aliphatic heterocycles. The number of carbonyl (C=O) groups is 2. The summed E-state index contributed by atoms with van der Waals surface area (Å²) in [5.74, 6) is 0.340. The average molecular weight is 269 g/mol. The molecule has 110 valence electrons. The average Bonchev–Trinajstić information content (AvgIpc) is 2.72. The molecule has 4 nitrogen and oxygen atoms in total. The van der Waals surface area contributed by atoms with Gasteiger partial charge in [-0.25, -0.2) is 4.79 Å². The first-order chi connectivity index (χ1) is 8.86. The van der Waals surface area contributed by atoms with Crippen molar-refractivity contribution in [3.63, 3.8) is 0 Å². The van der Waals surface area contributed by atoms with Crippen LogP contribution in [0.15, 0.2) is 0 Å². The molecule has 1 heterocycles. The lowest BCUT2D eigenvalue weighted by atomic mass is 9.78. The molecule has 2 fully saturated rings. The van der Waals surface area contributed by atoms with Gasteiger partial charge in [-0.15, -0.1) is 0 Å². The fraction of sp³-hybridized carbons (Fsp3) is 0.867. The number of hydrogen-bond donors (Lipinski definition) is 0. The summed E-state index contributed by atoms with van der Waals surface area (Å²) in [6.07, 6.45) is 2.84. The third-order valence-corrected chi connectivity index (χ3v) is 4.03. The van der Waals surface area contributed by atoms with E-state index in [0.717, 1.165) is 12.8 Å². The standard InChI is InChI=1S/C13H21NO3.C2H6/c1-4-12(2,3)17-11(16)14-8-13(9-14)6-5-10(15)7-13;1-2/h4-9H2,1-3H3;1-2H3. The van der Waals surface area contributed by atoms with Gasteiger partial charge >= 0.3 is 6.09 Å². The lowest BCUT2D eigenvalue weighted by Gasteiger charge is -2.47. The van der Waals surface area contributed by atoms with Crippen LogP contribution in [0.1, 0.15) is 60.3 Å². The van der Waals surface area contributed by atoms with Gasteiger partial charge in [0.15, 0.2) is 0 Å². The van der Waals surface area contributed by atoms with E-state index in [9.17, 15) is 9.59 Å². The lowest BCUT2D eigenvalue weighted by molar-refractivity contribution is -0.119. The number of nitrogens with zero attached hydrogens (tertiary/aromatic N) is 1. The van der Waals surface area contributed by atoms with E-state index in [2.05, 4.69) is 0 Å². The zero-order valence-electron chi connectivity index (χ0n) is 12.9. The number of hydrogen-bond acceptors (Lipinski definition) is 3. The number of ether oxygens (including phenoxy) is 1. The maximum absolute atomic E-state index is 11.8. The summed E-state index contributed by atoms with van der Waals surface area (Å²) >= 11 is 0. The number of rotatable bonds is 2. The van der Waals surface area contributed by atoms with Crippen LogP contribution in [0.5, 0.6) is 0 Å². The molecule has 0 aromatic heterocycles. The van der Waals surface area contributed by atoms with Crippen molar-refractivity contribution in [2.45, 2.75) is 65.9 Å². The largest absolute Gasteiger partial charge is 0.443 e. The molecule has 0 radical (unpaired) electrons. The third kappa shape index (κ3) is 3.71. The van der Waals surface area contributed by atoms with Crippen molar-refractivity contribution >= 4 is 11.9 Å². The Morgan fingerprint density at radius 2 is 1.95 bits per heavy atom. The minimum absolute atomic E-state index is 0.0897. The van der Waals surface area contributed by atoms with Crippen LogP contribution in [-0.2, 0) is 9.53 Å². The topological polar surface area (TPSA) is 46.6 Å². The zero-order valence-corrected chi connectivity index (χ0v) is 12.9. The number of likely N-dealkylation sites (tertiary alicyclic amines) is 1. The first kappa shape index (κ1) is 16.0. The van der Waals surface area contributed by atoms with E-state index < -0.39 is 5.60 Å². The Hall–Kier alpha value is -1.06. The van der Waals surface area contributed by atoms with Gasteiger partial charge in [-0.1, -0.05) is 20.8 Å². The molecule has 0 N–H and O–H groups in total. The quantitative estimate of drug-likeness (QED) is 0.772. The highest BCUT2D eigenvalue weighted by Gasteiger charge is 2.50. The SMILES string of the molecule is CC.CCC(C)(C)OC(=O)N1CC2(CCC(=O)C2)C1. The molecule has 0 aromatic rings. The summed E-state index contributed by atoms with van der Waals surface area (Å²) in [4.78, 5) is 24.8. The Morgan fingerprint density at radius 3 is 2.37 bits per heavy atom. The number of amides is 1. The summed E-state index contributed by atoms with van der Waals surface area (Å²) in [5.41, 5.74) is -0.308. The Balaban J connectivity index is 0.000000861. The first-order valence-corrected chi connectivity index (χ1v) is 7.35. The molecule has 19 heavy (non-hydrogen) atoms. The van der Waals surface area contributed by atoms with Crippen molar-refractivity contribution in [1.29, 1.82) is 0 Å². The molecule has 1 amide bonds. The van der Waals surface area contributed by atoms with Crippen molar-refractivity contribution in [3.05, 3.63) is 0 Å². The Bertz CT molecular complexity index is 343. The van der Waals surface area contributed by atoms with Gasteiger partial charge in [0.2, 0.25) is 0 Å². The van der Waals surface area contributed by atoms with Gasteiger partial charge in [-0.2, -0.15) is 0 Å². The predicted molar refractivity (Wildman–Crippen MR) is 75.1 cm³/mol. The Kier molecular flexibility index (Phi) is 4.99.